The number of carbonyl (C=O) groups excluding carboxylic acids is 1. The Kier molecular flexibility index (Phi) is 3.74. The summed E-state index contributed by atoms with van der Waals surface area (Å²) in [7, 11) is 0. The Balaban J connectivity index is 1.88. The molecule has 17 heavy (non-hydrogen) atoms. The van der Waals surface area contributed by atoms with Crippen molar-refractivity contribution < 1.29 is 4.79 Å². The summed E-state index contributed by atoms with van der Waals surface area (Å²) in [5.41, 5.74) is 0. The van der Waals surface area contributed by atoms with Gasteiger partial charge in [-0.25, -0.2) is 0 Å². The van der Waals surface area contributed by atoms with Crippen LogP contribution in [0.4, 0.5) is 0 Å². The predicted octanol–water partition coefficient (Wildman–Crippen LogP) is 1.58. The van der Waals surface area contributed by atoms with Gasteiger partial charge in [0.15, 0.2) is 0 Å². The van der Waals surface area contributed by atoms with Gasteiger partial charge in [0.1, 0.15) is 0 Å². The van der Waals surface area contributed by atoms with Crippen molar-refractivity contribution in [1.82, 2.24) is 10.2 Å². The Morgan fingerprint density at radius 3 is 2.71 bits per heavy atom. The molecule has 2 aliphatic rings. The van der Waals surface area contributed by atoms with Gasteiger partial charge >= 0.3 is 0 Å². The van der Waals surface area contributed by atoms with Gasteiger partial charge in [-0.15, -0.1) is 11.8 Å². The first-order valence-corrected chi connectivity index (χ1v) is 7.51. The summed E-state index contributed by atoms with van der Waals surface area (Å²) in [4.78, 5) is 14.3. The highest BCUT2D eigenvalue weighted by atomic mass is 32.2. The summed E-state index contributed by atoms with van der Waals surface area (Å²) in [6.07, 6.45) is 0. The van der Waals surface area contributed by atoms with Crippen LogP contribution in [0.5, 0.6) is 0 Å². The van der Waals surface area contributed by atoms with Gasteiger partial charge in [0.2, 0.25) is 5.91 Å². The first-order valence-electron chi connectivity index (χ1n) is 6.52. The van der Waals surface area contributed by atoms with Crippen LogP contribution in [0.2, 0.25) is 0 Å². The van der Waals surface area contributed by atoms with E-state index in [2.05, 4.69) is 37.9 Å². The summed E-state index contributed by atoms with van der Waals surface area (Å²) in [6, 6.07) is 0.420. The van der Waals surface area contributed by atoms with E-state index in [9.17, 15) is 4.79 Å². The molecule has 0 bridgehead atoms. The number of amides is 1. The van der Waals surface area contributed by atoms with Crippen molar-refractivity contribution in [3.05, 3.63) is 0 Å². The molecular formula is C13H24N2OS. The molecule has 0 aromatic rings. The number of fused-ring (bicyclic) bond motifs is 1. The average molecular weight is 256 g/mol. The molecule has 3 atom stereocenters. The van der Waals surface area contributed by atoms with Crippen molar-refractivity contribution in [3.63, 3.8) is 0 Å². The molecule has 2 rings (SSSR count). The monoisotopic (exact) mass is 256 g/mol. The predicted molar refractivity (Wildman–Crippen MR) is 73.2 cm³/mol. The molecule has 2 heterocycles. The molecule has 0 spiro atoms. The van der Waals surface area contributed by atoms with E-state index in [1.54, 1.807) is 11.8 Å². The van der Waals surface area contributed by atoms with Crippen LogP contribution in [0.1, 0.15) is 27.7 Å². The van der Waals surface area contributed by atoms with Crippen LogP contribution in [0, 0.1) is 11.8 Å². The van der Waals surface area contributed by atoms with Crippen LogP contribution in [0.3, 0.4) is 0 Å². The Morgan fingerprint density at radius 1 is 1.41 bits per heavy atom. The zero-order chi connectivity index (χ0) is 12.6. The lowest BCUT2D eigenvalue weighted by Gasteiger charge is -2.26. The molecule has 0 aromatic heterocycles. The molecule has 2 saturated heterocycles. The highest BCUT2D eigenvalue weighted by Crippen LogP contribution is 2.33. The molecular weight excluding hydrogens is 232 g/mol. The normalized spacial score (nSPS) is 32.9. The van der Waals surface area contributed by atoms with Crippen LogP contribution < -0.4 is 5.32 Å². The fourth-order valence-corrected chi connectivity index (χ4v) is 3.58. The van der Waals surface area contributed by atoms with Gasteiger partial charge in [0, 0.05) is 30.4 Å². The van der Waals surface area contributed by atoms with Gasteiger partial charge in [0.05, 0.1) is 5.75 Å². The van der Waals surface area contributed by atoms with E-state index in [1.807, 2.05) is 0 Å². The minimum atomic E-state index is 0.177. The Morgan fingerprint density at radius 2 is 2.12 bits per heavy atom. The van der Waals surface area contributed by atoms with Crippen molar-refractivity contribution in [1.29, 1.82) is 0 Å². The number of likely N-dealkylation sites (tertiary alicyclic amines) is 1. The number of thioether (sulfide) groups is 1. The zero-order valence-corrected chi connectivity index (χ0v) is 12.1. The van der Waals surface area contributed by atoms with E-state index in [0.29, 0.717) is 29.5 Å². The van der Waals surface area contributed by atoms with Gasteiger partial charge in [-0.3, -0.25) is 4.79 Å². The van der Waals surface area contributed by atoms with Crippen LogP contribution in [-0.4, -0.2) is 47.0 Å². The molecule has 1 N–H and O–H groups in total. The lowest BCUT2D eigenvalue weighted by Crippen LogP contribution is -2.39. The lowest BCUT2D eigenvalue weighted by atomic mass is 9.95. The number of rotatable bonds is 2. The van der Waals surface area contributed by atoms with E-state index in [0.717, 1.165) is 19.6 Å². The maximum Gasteiger partial charge on any atom is 0.232 e. The molecule has 3 unspecified atom stereocenters. The highest BCUT2D eigenvalue weighted by molar-refractivity contribution is 8.01. The second-order valence-electron chi connectivity index (χ2n) is 6.27. The smallest absolute Gasteiger partial charge is 0.232 e. The zero-order valence-electron chi connectivity index (χ0n) is 11.3. The molecule has 4 heteroatoms. The molecule has 0 saturated carbocycles. The quantitative estimate of drug-likeness (QED) is 0.814. The second-order valence-corrected chi connectivity index (χ2v) is 8.07. The first-order chi connectivity index (χ1) is 7.88. The SMILES string of the molecule is CC1C2CNCC2CN1C(=O)CSC(C)(C)C. The van der Waals surface area contributed by atoms with Crippen molar-refractivity contribution in [3.8, 4) is 0 Å². The van der Waals surface area contributed by atoms with Crippen LogP contribution in [-0.2, 0) is 4.79 Å². The van der Waals surface area contributed by atoms with Crippen LogP contribution in [0.25, 0.3) is 0 Å². The minimum absolute atomic E-state index is 0.177. The van der Waals surface area contributed by atoms with Gasteiger partial charge < -0.3 is 10.2 Å². The molecule has 0 radical (unpaired) electrons. The number of hydrogen-bond acceptors (Lipinski definition) is 3. The van der Waals surface area contributed by atoms with E-state index < -0.39 is 0 Å². The molecule has 98 valence electrons. The van der Waals surface area contributed by atoms with Crippen molar-refractivity contribution in [2.75, 3.05) is 25.4 Å². The second kappa shape index (κ2) is 4.81. The molecule has 2 aliphatic heterocycles. The van der Waals surface area contributed by atoms with Crippen molar-refractivity contribution in [2.24, 2.45) is 11.8 Å². The number of nitrogens with one attached hydrogen (secondary N) is 1. The van der Waals surface area contributed by atoms with E-state index >= 15 is 0 Å². The Bertz CT molecular complexity index is 300. The Labute approximate surface area is 109 Å². The lowest BCUT2D eigenvalue weighted by molar-refractivity contribution is -0.129. The fraction of sp³-hybridized carbons (Fsp3) is 0.923. The molecule has 0 aromatic carbocycles. The average Bonchev–Trinajstić information content (AvgIpc) is 2.77. The molecule has 0 aliphatic carbocycles. The molecule has 3 nitrogen and oxygen atoms in total. The van der Waals surface area contributed by atoms with Crippen molar-refractivity contribution in [2.45, 2.75) is 38.5 Å². The van der Waals surface area contributed by atoms with Crippen molar-refractivity contribution >= 4 is 17.7 Å². The number of carbonyl (C=O) groups is 1. The first kappa shape index (κ1) is 13.2. The third-order valence-electron chi connectivity index (χ3n) is 3.88. The topological polar surface area (TPSA) is 32.3 Å². The van der Waals surface area contributed by atoms with Gasteiger partial charge in [-0.1, -0.05) is 20.8 Å². The highest BCUT2D eigenvalue weighted by Gasteiger charge is 2.43. The summed E-state index contributed by atoms with van der Waals surface area (Å²) >= 11 is 1.75. The molecule has 2 fully saturated rings. The summed E-state index contributed by atoms with van der Waals surface area (Å²) in [5, 5.41) is 3.43. The maximum atomic E-state index is 12.2. The van der Waals surface area contributed by atoms with E-state index in [-0.39, 0.29) is 4.75 Å². The summed E-state index contributed by atoms with van der Waals surface area (Å²) in [6.45, 7) is 11.8. The summed E-state index contributed by atoms with van der Waals surface area (Å²) < 4.78 is 0.177. The number of hydrogen-bond donors (Lipinski definition) is 1. The van der Waals surface area contributed by atoms with E-state index in [1.165, 1.54) is 0 Å². The van der Waals surface area contributed by atoms with Gasteiger partial charge in [0.25, 0.3) is 0 Å². The third kappa shape index (κ3) is 2.97. The van der Waals surface area contributed by atoms with Gasteiger partial charge in [-0.2, -0.15) is 0 Å². The molecule has 1 amide bonds. The van der Waals surface area contributed by atoms with Crippen LogP contribution in [0.15, 0.2) is 0 Å². The van der Waals surface area contributed by atoms with Crippen LogP contribution >= 0.6 is 11.8 Å². The fourth-order valence-electron chi connectivity index (χ4n) is 2.86. The summed E-state index contributed by atoms with van der Waals surface area (Å²) in [5.74, 6) is 2.32. The maximum absolute atomic E-state index is 12.2. The largest absolute Gasteiger partial charge is 0.339 e. The van der Waals surface area contributed by atoms with E-state index in [4.69, 9.17) is 0 Å². The van der Waals surface area contributed by atoms with Gasteiger partial charge in [-0.05, 0) is 18.8 Å². The minimum Gasteiger partial charge on any atom is -0.339 e. The standard InChI is InChI=1S/C13H24N2OS/c1-9-11-6-14-5-10(11)7-15(9)12(16)8-17-13(2,3)4/h9-11,14H,5-8H2,1-4H3. The third-order valence-corrected chi connectivity index (χ3v) is 5.14. The number of nitrogens with zero attached hydrogens (tertiary/aromatic N) is 1. The Hall–Kier alpha value is -0.220.